The van der Waals surface area contributed by atoms with Crippen LogP contribution in [0.1, 0.15) is 19.8 Å². The molecule has 0 aromatic carbocycles. The van der Waals surface area contributed by atoms with E-state index in [1.807, 2.05) is 0 Å². The summed E-state index contributed by atoms with van der Waals surface area (Å²) in [5, 5.41) is 0. The molecule has 1 aliphatic rings. The standard InChI is InChI=1S/C9H20NO.CH4O4S/c1-3-4-5-10(2)6-8-11-9-7-10;1-5-6(2,3)4/h3-9H2,1-2H3;1H3,(H,2,3,4)/q+1;. The average molecular weight is 270 g/mol. The Kier molecular flexibility index (Phi) is 7.89. The minimum absolute atomic E-state index is 0.870. The Morgan fingerprint density at radius 2 is 1.82 bits per heavy atom. The van der Waals surface area contributed by atoms with Gasteiger partial charge in [0.1, 0.15) is 13.1 Å². The molecular weight excluding hydrogens is 246 g/mol. The van der Waals surface area contributed by atoms with Crippen LogP contribution in [0.4, 0.5) is 0 Å². The van der Waals surface area contributed by atoms with Gasteiger partial charge in [0.25, 0.3) is 0 Å². The van der Waals surface area contributed by atoms with Gasteiger partial charge in [-0.1, -0.05) is 13.3 Å². The highest BCUT2D eigenvalue weighted by atomic mass is 32.3. The van der Waals surface area contributed by atoms with Gasteiger partial charge in [0.05, 0.1) is 33.9 Å². The highest BCUT2D eigenvalue weighted by Gasteiger charge is 2.23. The van der Waals surface area contributed by atoms with E-state index < -0.39 is 10.4 Å². The van der Waals surface area contributed by atoms with Crippen molar-refractivity contribution in [3.63, 3.8) is 0 Å². The molecular formula is C10H24NO5S+. The number of quaternary nitrogens is 1. The lowest BCUT2D eigenvalue weighted by Gasteiger charge is -2.37. The van der Waals surface area contributed by atoms with Crippen LogP contribution in [0.3, 0.4) is 0 Å². The summed E-state index contributed by atoms with van der Waals surface area (Å²) in [6.07, 6.45) is 2.67. The maximum atomic E-state index is 9.33. The predicted molar refractivity (Wildman–Crippen MR) is 65.1 cm³/mol. The van der Waals surface area contributed by atoms with Gasteiger partial charge < -0.3 is 9.22 Å². The van der Waals surface area contributed by atoms with E-state index in [-0.39, 0.29) is 0 Å². The summed E-state index contributed by atoms with van der Waals surface area (Å²) in [7, 11) is -0.946. The van der Waals surface area contributed by atoms with Gasteiger partial charge in [-0.2, -0.15) is 8.42 Å². The number of ether oxygens (including phenoxy) is 1. The lowest BCUT2D eigenvalue weighted by Crippen LogP contribution is -2.52. The van der Waals surface area contributed by atoms with Gasteiger partial charge in [0, 0.05) is 0 Å². The van der Waals surface area contributed by atoms with Crippen LogP contribution < -0.4 is 0 Å². The van der Waals surface area contributed by atoms with Crippen LogP contribution in [-0.4, -0.2) is 64.5 Å². The molecule has 0 bridgehead atoms. The lowest BCUT2D eigenvalue weighted by atomic mass is 10.2. The Hall–Kier alpha value is -0.210. The van der Waals surface area contributed by atoms with Crippen molar-refractivity contribution < 1.29 is 26.4 Å². The van der Waals surface area contributed by atoms with Crippen LogP contribution in [0.25, 0.3) is 0 Å². The molecule has 1 rings (SSSR count). The first-order valence-electron chi connectivity index (χ1n) is 5.77. The smallest absolute Gasteiger partial charge is 0.370 e. The van der Waals surface area contributed by atoms with Crippen molar-refractivity contribution in [2.24, 2.45) is 0 Å². The molecule has 1 N–H and O–H groups in total. The first-order chi connectivity index (χ1) is 7.83. The van der Waals surface area contributed by atoms with Gasteiger partial charge in [0.2, 0.25) is 0 Å². The van der Waals surface area contributed by atoms with E-state index >= 15 is 0 Å². The summed E-state index contributed by atoms with van der Waals surface area (Å²) in [6, 6.07) is 0. The first kappa shape index (κ1) is 16.8. The van der Waals surface area contributed by atoms with E-state index in [9.17, 15) is 8.42 Å². The van der Waals surface area contributed by atoms with Crippen molar-refractivity contribution >= 4 is 10.4 Å². The molecule has 0 aromatic heterocycles. The SMILES string of the molecule is CCCC[N+]1(C)CCOCC1.COS(=O)(=O)O. The Bertz CT molecular complexity index is 285. The molecule has 6 nitrogen and oxygen atoms in total. The molecule has 0 spiro atoms. The van der Waals surface area contributed by atoms with Crippen LogP contribution in [0.5, 0.6) is 0 Å². The van der Waals surface area contributed by atoms with E-state index in [0.29, 0.717) is 0 Å². The summed E-state index contributed by atoms with van der Waals surface area (Å²) >= 11 is 0. The minimum Gasteiger partial charge on any atom is -0.370 e. The summed E-state index contributed by atoms with van der Waals surface area (Å²) < 4.78 is 36.3. The number of unbranched alkanes of at least 4 members (excludes halogenated alkanes) is 1. The van der Waals surface area contributed by atoms with Gasteiger partial charge in [-0.05, 0) is 6.42 Å². The van der Waals surface area contributed by atoms with Gasteiger partial charge in [0.15, 0.2) is 0 Å². The van der Waals surface area contributed by atoms with Crippen LogP contribution in [0.15, 0.2) is 0 Å². The fraction of sp³-hybridized carbons (Fsp3) is 1.00. The van der Waals surface area contributed by atoms with E-state index in [4.69, 9.17) is 9.29 Å². The van der Waals surface area contributed by atoms with Crippen molar-refractivity contribution in [3.8, 4) is 0 Å². The summed E-state index contributed by atoms with van der Waals surface area (Å²) in [6.45, 7) is 7.92. The molecule has 1 fully saturated rings. The number of hydrogen-bond donors (Lipinski definition) is 1. The Labute approximate surface area is 104 Å². The fourth-order valence-corrected chi connectivity index (χ4v) is 1.55. The molecule has 1 saturated heterocycles. The molecule has 104 valence electrons. The van der Waals surface area contributed by atoms with Crippen LogP contribution in [0, 0.1) is 0 Å². The highest BCUT2D eigenvalue weighted by molar-refractivity contribution is 7.80. The maximum absolute atomic E-state index is 9.33. The zero-order valence-electron chi connectivity index (χ0n) is 10.9. The van der Waals surface area contributed by atoms with E-state index in [1.54, 1.807) is 0 Å². The summed E-state index contributed by atoms with van der Waals surface area (Å²) in [5.41, 5.74) is 0. The molecule has 0 aliphatic carbocycles. The van der Waals surface area contributed by atoms with Gasteiger partial charge in [-0.15, -0.1) is 0 Å². The molecule has 17 heavy (non-hydrogen) atoms. The lowest BCUT2D eigenvalue weighted by molar-refractivity contribution is -0.917. The molecule has 0 aromatic rings. The summed E-state index contributed by atoms with van der Waals surface area (Å²) in [5.74, 6) is 0. The van der Waals surface area contributed by atoms with Crippen LogP contribution in [0.2, 0.25) is 0 Å². The van der Waals surface area contributed by atoms with Crippen molar-refractivity contribution in [3.05, 3.63) is 0 Å². The van der Waals surface area contributed by atoms with Gasteiger partial charge in [-0.3, -0.25) is 8.74 Å². The maximum Gasteiger partial charge on any atom is 0.397 e. The summed E-state index contributed by atoms with van der Waals surface area (Å²) in [4.78, 5) is 0. The average Bonchev–Trinajstić information content (AvgIpc) is 2.27. The molecule has 1 heterocycles. The Balaban J connectivity index is 0.000000366. The molecule has 0 saturated carbocycles. The van der Waals surface area contributed by atoms with E-state index in [0.717, 1.165) is 20.3 Å². The second-order valence-corrected chi connectivity index (χ2v) is 5.54. The van der Waals surface area contributed by atoms with Gasteiger partial charge >= 0.3 is 10.4 Å². The molecule has 0 amide bonds. The van der Waals surface area contributed by atoms with E-state index in [2.05, 4.69) is 18.2 Å². The molecule has 0 radical (unpaired) electrons. The zero-order valence-corrected chi connectivity index (χ0v) is 11.7. The van der Waals surface area contributed by atoms with Crippen LogP contribution >= 0.6 is 0 Å². The molecule has 0 unspecified atom stereocenters. The second kappa shape index (κ2) is 7.99. The topological polar surface area (TPSA) is 72.8 Å². The first-order valence-corrected chi connectivity index (χ1v) is 7.14. The number of rotatable bonds is 4. The molecule has 0 atom stereocenters. The molecule has 1 aliphatic heterocycles. The molecule has 7 heteroatoms. The quantitative estimate of drug-likeness (QED) is 0.601. The zero-order chi connectivity index (χ0) is 13.4. The Morgan fingerprint density at radius 3 is 2.18 bits per heavy atom. The number of morpholine rings is 1. The third kappa shape index (κ3) is 9.49. The van der Waals surface area contributed by atoms with E-state index in [1.165, 1.54) is 37.0 Å². The minimum atomic E-state index is -4.16. The normalized spacial score (nSPS) is 19.3. The highest BCUT2D eigenvalue weighted by Crippen LogP contribution is 2.08. The van der Waals surface area contributed by atoms with Crippen molar-refractivity contribution in [2.75, 3.05) is 47.0 Å². The number of hydrogen-bond acceptors (Lipinski definition) is 4. The van der Waals surface area contributed by atoms with Gasteiger partial charge in [-0.25, -0.2) is 0 Å². The van der Waals surface area contributed by atoms with Crippen molar-refractivity contribution in [1.29, 1.82) is 0 Å². The third-order valence-corrected chi connectivity index (χ3v) is 3.23. The Morgan fingerprint density at radius 1 is 1.35 bits per heavy atom. The van der Waals surface area contributed by atoms with Crippen LogP contribution in [-0.2, 0) is 19.3 Å². The largest absolute Gasteiger partial charge is 0.397 e. The predicted octanol–water partition coefficient (Wildman–Crippen LogP) is 0.699. The van der Waals surface area contributed by atoms with Crippen molar-refractivity contribution in [1.82, 2.24) is 0 Å². The number of nitrogens with zero attached hydrogens (tertiary/aromatic N) is 1. The third-order valence-electron chi connectivity index (χ3n) is 2.81. The number of likely N-dealkylation sites (N-methyl/N-ethyl adjacent to an activating group) is 1. The second-order valence-electron chi connectivity index (χ2n) is 4.35. The fourth-order valence-electron chi connectivity index (χ4n) is 1.55. The monoisotopic (exact) mass is 270 g/mol. The van der Waals surface area contributed by atoms with Crippen molar-refractivity contribution in [2.45, 2.75) is 19.8 Å².